The zero-order valence-corrected chi connectivity index (χ0v) is 11.4. The highest BCUT2D eigenvalue weighted by Crippen LogP contribution is 2.12. The number of thiophene rings is 2. The Labute approximate surface area is 117 Å². The maximum absolute atomic E-state index is 4.20. The second-order valence-electron chi connectivity index (χ2n) is 3.51. The molecule has 0 unspecified atom stereocenters. The highest BCUT2D eigenvalue weighted by atomic mass is 32.1. The van der Waals surface area contributed by atoms with Crippen molar-refractivity contribution < 1.29 is 0 Å². The molecule has 19 heavy (non-hydrogen) atoms. The number of hydrogen-bond acceptors (Lipinski definition) is 6. The molecule has 3 heterocycles. The summed E-state index contributed by atoms with van der Waals surface area (Å²) in [6.07, 6.45) is 3.48. The van der Waals surface area contributed by atoms with Gasteiger partial charge in [-0.25, -0.2) is 15.1 Å². The first kappa shape index (κ1) is 11.9. The predicted molar refractivity (Wildman–Crippen MR) is 79.5 cm³/mol. The summed E-state index contributed by atoms with van der Waals surface area (Å²) in [5.74, 6) is 0.832. The quantitative estimate of drug-likeness (QED) is 0.747. The molecule has 0 aliphatic heterocycles. The van der Waals surface area contributed by atoms with Crippen LogP contribution in [0.2, 0.25) is 0 Å². The second-order valence-corrected chi connectivity index (χ2v) is 5.46. The number of rotatable bonds is 4. The number of aromatic amines is 1. The first-order valence-electron chi connectivity index (χ1n) is 5.48. The Bertz CT molecular complexity index is 621. The molecule has 3 aromatic rings. The van der Waals surface area contributed by atoms with Crippen molar-refractivity contribution in [2.24, 2.45) is 9.98 Å². The van der Waals surface area contributed by atoms with E-state index >= 15 is 0 Å². The third-order valence-corrected chi connectivity index (χ3v) is 3.78. The van der Waals surface area contributed by atoms with Crippen molar-refractivity contribution in [1.82, 2.24) is 15.2 Å². The molecule has 0 atom stereocenters. The lowest BCUT2D eigenvalue weighted by atomic mass is 10.5. The van der Waals surface area contributed by atoms with Gasteiger partial charge >= 0.3 is 0 Å². The number of nitrogens with zero attached hydrogens (tertiary/aromatic N) is 4. The lowest BCUT2D eigenvalue weighted by Gasteiger charge is -1.82. The highest BCUT2D eigenvalue weighted by molar-refractivity contribution is 7.12. The van der Waals surface area contributed by atoms with Gasteiger partial charge < -0.3 is 0 Å². The van der Waals surface area contributed by atoms with Crippen molar-refractivity contribution in [3.8, 4) is 0 Å². The standard InChI is InChI=1S/C12H9N5S2/c1-3-9(18-5-1)7-13-11-15-12(17-16-11)14-8-10-4-2-6-19-10/h1-8H,(H,15,16,17)/b13-7-,14-8+. The summed E-state index contributed by atoms with van der Waals surface area (Å²) in [4.78, 5) is 14.7. The summed E-state index contributed by atoms with van der Waals surface area (Å²) in [7, 11) is 0. The van der Waals surface area contributed by atoms with E-state index in [9.17, 15) is 0 Å². The summed E-state index contributed by atoms with van der Waals surface area (Å²) in [5.41, 5.74) is 0. The van der Waals surface area contributed by atoms with E-state index < -0.39 is 0 Å². The van der Waals surface area contributed by atoms with Crippen LogP contribution < -0.4 is 0 Å². The van der Waals surface area contributed by atoms with E-state index in [4.69, 9.17) is 0 Å². The van der Waals surface area contributed by atoms with Gasteiger partial charge in [-0.05, 0) is 22.9 Å². The lowest BCUT2D eigenvalue weighted by Crippen LogP contribution is -1.73. The van der Waals surface area contributed by atoms with Crippen LogP contribution in [0, 0.1) is 0 Å². The average molecular weight is 287 g/mol. The van der Waals surface area contributed by atoms with Gasteiger partial charge in [-0.2, -0.15) is 4.98 Å². The Hall–Kier alpha value is -2.12. The molecule has 3 rings (SSSR count). The van der Waals surface area contributed by atoms with E-state index in [1.165, 1.54) is 0 Å². The van der Waals surface area contributed by atoms with E-state index in [0.717, 1.165) is 9.75 Å². The monoisotopic (exact) mass is 287 g/mol. The van der Waals surface area contributed by atoms with Crippen molar-refractivity contribution >= 4 is 47.0 Å². The molecule has 0 bridgehead atoms. The summed E-state index contributed by atoms with van der Waals surface area (Å²) in [6, 6.07) is 7.92. The largest absolute Gasteiger partial charge is 0.269 e. The average Bonchev–Trinajstić information content (AvgIpc) is 3.16. The van der Waals surface area contributed by atoms with Crippen LogP contribution in [0.15, 0.2) is 45.0 Å². The Morgan fingerprint density at radius 3 is 2.32 bits per heavy atom. The van der Waals surface area contributed by atoms with Crippen molar-refractivity contribution in [2.75, 3.05) is 0 Å². The van der Waals surface area contributed by atoms with E-state index in [1.54, 1.807) is 35.1 Å². The Kier molecular flexibility index (Phi) is 3.57. The molecular formula is C12H9N5S2. The van der Waals surface area contributed by atoms with Gasteiger partial charge in [-0.3, -0.25) is 0 Å². The first-order valence-corrected chi connectivity index (χ1v) is 7.24. The minimum Gasteiger partial charge on any atom is -0.241 e. The molecule has 7 heteroatoms. The van der Waals surface area contributed by atoms with Crippen LogP contribution in [0.1, 0.15) is 9.75 Å². The van der Waals surface area contributed by atoms with Gasteiger partial charge in [0.2, 0.25) is 5.95 Å². The molecule has 0 saturated heterocycles. The summed E-state index contributed by atoms with van der Waals surface area (Å²) < 4.78 is 0. The Morgan fingerprint density at radius 2 is 1.68 bits per heavy atom. The molecule has 0 spiro atoms. The third kappa shape index (κ3) is 3.21. The minimum atomic E-state index is 0.381. The van der Waals surface area contributed by atoms with Gasteiger partial charge in [-0.15, -0.1) is 27.8 Å². The first-order chi connectivity index (χ1) is 9.40. The van der Waals surface area contributed by atoms with Crippen molar-refractivity contribution in [1.29, 1.82) is 0 Å². The fraction of sp³-hybridized carbons (Fsp3) is 0. The molecule has 0 aliphatic carbocycles. The van der Waals surface area contributed by atoms with Crippen LogP contribution in [-0.4, -0.2) is 27.6 Å². The zero-order chi connectivity index (χ0) is 12.9. The van der Waals surface area contributed by atoms with Gasteiger partial charge in [0.1, 0.15) is 0 Å². The number of H-pyrrole nitrogens is 1. The van der Waals surface area contributed by atoms with E-state index in [-0.39, 0.29) is 0 Å². The SMILES string of the molecule is C(=N/c1n[nH]c(/N=C/c2cccs2)n1)/c1cccs1. The van der Waals surface area contributed by atoms with E-state index in [2.05, 4.69) is 25.2 Å². The Balaban J connectivity index is 1.69. The van der Waals surface area contributed by atoms with Gasteiger partial charge in [0.05, 0.1) is 0 Å². The van der Waals surface area contributed by atoms with Crippen molar-refractivity contribution in [3.05, 3.63) is 44.8 Å². The topological polar surface area (TPSA) is 66.3 Å². The number of hydrogen-bond donors (Lipinski definition) is 1. The fourth-order valence-corrected chi connectivity index (χ4v) is 2.51. The van der Waals surface area contributed by atoms with Gasteiger partial charge in [0, 0.05) is 22.2 Å². The summed E-state index contributed by atoms with van der Waals surface area (Å²) >= 11 is 3.23. The molecule has 0 fully saturated rings. The maximum Gasteiger partial charge on any atom is 0.269 e. The number of aromatic nitrogens is 3. The second kappa shape index (κ2) is 5.68. The smallest absolute Gasteiger partial charge is 0.241 e. The third-order valence-electron chi connectivity index (χ3n) is 2.17. The fourth-order valence-electron chi connectivity index (χ4n) is 1.34. The molecule has 94 valence electrons. The van der Waals surface area contributed by atoms with Crippen LogP contribution in [-0.2, 0) is 0 Å². The summed E-state index contributed by atoms with van der Waals surface area (Å²) in [5, 5.41) is 10.7. The molecular weight excluding hydrogens is 278 g/mol. The normalized spacial score (nSPS) is 11.8. The van der Waals surface area contributed by atoms with Crippen LogP contribution in [0.25, 0.3) is 0 Å². The molecule has 0 aliphatic rings. The maximum atomic E-state index is 4.20. The predicted octanol–water partition coefficient (Wildman–Crippen LogP) is 3.43. The van der Waals surface area contributed by atoms with Crippen molar-refractivity contribution in [3.63, 3.8) is 0 Å². The molecule has 0 radical (unpaired) electrons. The lowest BCUT2D eigenvalue weighted by molar-refractivity contribution is 1.08. The summed E-state index contributed by atoms with van der Waals surface area (Å²) in [6.45, 7) is 0. The molecule has 1 N–H and O–H groups in total. The molecule has 0 aromatic carbocycles. The van der Waals surface area contributed by atoms with Gasteiger partial charge in [0.15, 0.2) is 0 Å². The molecule has 0 saturated carbocycles. The zero-order valence-electron chi connectivity index (χ0n) is 9.72. The van der Waals surface area contributed by atoms with Crippen LogP contribution in [0.3, 0.4) is 0 Å². The minimum absolute atomic E-state index is 0.381. The van der Waals surface area contributed by atoms with Crippen LogP contribution in [0.5, 0.6) is 0 Å². The number of nitrogens with one attached hydrogen (secondary N) is 1. The van der Waals surface area contributed by atoms with Crippen LogP contribution >= 0.6 is 22.7 Å². The highest BCUT2D eigenvalue weighted by Gasteiger charge is 1.98. The van der Waals surface area contributed by atoms with Crippen molar-refractivity contribution in [2.45, 2.75) is 0 Å². The molecule has 5 nitrogen and oxygen atoms in total. The molecule has 3 aromatic heterocycles. The van der Waals surface area contributed by atoms with E-state index in [0.29, 0.717) is 11.9 Å². The van der Waals surface area contributed by atoms with Gasteiger partial charge in [-0.1, -0.05) is 12.1 Å². The molecule has 0 amide bonds. The number of aliphatic imine (C=N–C) groups is 2. The Morgan fingerprint density at radius 1 is 1.00 bits per heavy atom. The van der Waals surface area contributed by atoms with Gasteiger partial charge in [0.25, 0.3) is 5.95 Å². The van der Waals surface area contributed by atoms with Crippen LogP contribution in [0.4, 0.5) is 11.9 Å². The van der Waals surface area contributed by atoms with E-state index in [1.807, 2.05) is 35.0 Å².